The largest absolute Gasteiger partial charge is 0.368 e. The molecule has 2 nitrogen and oxygen atoms in total. The van der Waals surface area contributed by atoms with Crippen LogP contribution in [-0.2, 0) is 9.53 Å². The highest BCUT2D eigenvalue weighted by Gasteiger charge is 2.19. The van der Waals surface area contributed by atoms with E-state index in [4.69, 9.17) is 4.74 Å². The first-order chi connectivity index (χ1) is 6.02. The molecule has 0 saturated carbocycles. The van der Waals surface area contributed by atoms with Crippen molar-refractivity contribution >= 4 is 5.78 Å². The van der Waals surface area contributed by atoms with E-state index >= 15 is 0 Å². The van der Waals surface area contributed by atoms with Crippen LogP contribution in [0.1, 0.15) is 47.5 Å². The van der Waals surface area contributed by atoms with Gasteiger partial charge in [-0.3, -0.25) is 4.79 Å². The Bertz CT molecular complexity index is 148. The highest BCUT2D eigenvalue weighted by molar-refractivity contribution is 5.84. The highest BCUT2D eigenvalue weighted by atomic mass is 16.5. The molecule has 0 aliphatic heterocycles. The molecule has 0 unspecified atom stereocenters. The Morgan fingerprint density at radius 3 is 1.92 bits per heavy atom. The van der Waals surface area contributed by atoms with Gasteiger partial charge in [0.05, 0.1) is 6.10 Å². The summed E-state index contributed by atoms with van der Waals surface area (Å²) in [6.07, 6.45) is 1.95. The molecular weight excluding hydrogens is 164 g/mol. The molecule has 0 heterocycles. The van der Waals surface area contributed by atoms with Crippen LogP contribution in [0.2, 0.25) is 0 Å². The number of Topliss-reactive ketones (excluding diaryl/α,β-unsaturated/α-hetero) is 1. The summed E-state index contributed by atoms with van der Waals surface area (Å²) >= 11 is 0. The van der Waals surface area contributed by atoms with Crippen LogP contribution in [0.4, 0.5) is 0 Å². The van der Waals surface area contributed by atoms with Crippen molar-refractivity contribution in [1.29, 1.82) is 0 Å². The van der Waals surface area contributed by atoms with E-state index in [2.05, 4.69) is 13.8 Å². The Hall–Kier alpha value is -0.370. The number of ether oxygens (including phenoxy) is 1. The predicted octanol–water partition coefficient (Wildman–Crippen LogP) is 2.81. The average molecular weight is 186 g/mol. The van der Waals surface area contributed by atoms with Crippen LogP contribution in [0.3, 0.4) is 0 Å². The van der Waals surface area contributed by atoms with Gasteiger partial charge in [0.15, 0.2) is 5.78 Å². The first-order valence-electron chi connectivity index (χ1n) is 5.22. The molecule has 0 aliphatic rings. The molecule has 78 valence electrons. The van der Waals surface area contributed by atoms with Crippen LogP contribution < -0.4 is 0 Å². The molecule has 0 aromatic heterocycles. The van der Waals surface area contributed by atoms with Crippen LogP contribution in [-0.4, -0.2) is 18.0 Å². The third kappa shape index (κ3) is 4.41. The Kier molecular flexibility index (Phi) is 5.97. The lowest BCUT2D eigenvalue weighted by Crippen LogP contribution is -2.29. The highest BCUT2D eigenvalue weighted by Crippen LogP contribution is 2.10. The van der Waals surface area contributed by atoms with Gasteiger partial charge in [0.25, 0.3) is 0 Å². The Morgan fingerprint density at radius 1 is 1.15 bits per heavy atom. The van der Waals surface area contributed by atoms with Gasteiger partial charge < -0.3 is 4.74 Å². The molecule has 13 heavy (non-hydrogen) atoms. The second kappa shape index (κ2) is 6.14. The smallest absolute Gasteiger partial charge is 0.163 e. The number of hydrogen-bond donors (Lipinski definition) is 0. The molecule has 0 amide bonds. The van der Waals surface area contributed by atoms with E-state index in [1.54, 1.807) is 0 Å². The van der Waals surface area contributed by atoms with Gasteiger partial charge in [-0.15, -0.1) is 0 Å². The van der Waals surface area contributed by atoms with Crippen molar-refractivity contribution in [1.82, 2.24) is 0 Å². The first kappa shape index (κ1) is 12.6. The fourth-order valence-electron chi connectivity index (χ4n) is 1.31. The SMILES string of the molecule is CCC(CC)O[C@@H](C)C(=O)C(C)C. The van der Waals surface area contributed by atoms with E-state index in [1.807, 2.05) is 20.8 Å². The van der Waals surface area contributed by atoms with Crippen molar-refractivity contribution in [2.75, 3.05) is 0 Å². The van der Waals surface area contributed by atoms with E-state index < -0.39 is 0 Å². The van der Waals surface area contributed by atoms with Gasteiger partial charge in [-0.25, -0.2) is 0 Å². The number of ketones is 1. The summed E-state index contributed by atoms with van der Waals surface area (Å²) < 4.78 is 5.62. The molecule has 1 atom stereocenters. The van der Waals surface area contributed by atoms with Crippen LogP contribution in [0.25, 0.3) is 0 Å². The minimum absolute atomic E-state index is 0.0735. The molecule has 0 bridgehead atoms. The van der Waals surface area contributed by atoms with Crippen LogP contribution >= 0.6 is 0 Å². The molecule has 0 aromatic carbocycles. The van der Waals surface area contributed by atoms with Gasteiger partial charge in [0.1, 0.15) is 6.10 Å². The molecule has 2 heteroatoms. The average Bonchev–Trinajstić information content (AvgIpc) is 2.12. The second-order valence-electron chi connectivity index (χ2n) is 3.77. The fourth-order valence-corrected chi connectivity index (χ4v) is 1.31. The van der Waals surface area contributed by atoms with Gasteiger partial charge in [-0.2, -0.15) is 0 Å². The van der Waals surface area contributed by atoms with Gasteiger partial charge in [0.2, 0.25) is 0 Å². The number of rotatable bonds is 6. The van der Waals surface area contributed by atoms with Gasteiger partial charge in [-0.05, 0) is 19.8 Å². The molecule has 0 fully saturated rings. The molecule has 0 aromatic rings. The molecule has 0 radical (unpaired) electrons. The number of hydrogen-bond acceptors (Lipinski definition) is 2. The Labute approximate surface area is 81.7 Å². The summed E-state index contributed by atoms with van der Waals surface area (Å²) in [5.41, 5.74) is 0. The minimum Gasteiger partial charge on any atom is -0.368 e. The topological polar surface area (TPSA) is 26.3 Å². The zero-order chi connectivity index (χ0) is 10.4. The molecule has 0 aliphatic carbocycles. The Morgan fingerprint density at radius 2 is 1.62 bits per heavy atom. The third-order valence-corrected chi connectivity index (χ3v) is 2.28. The fraction of sp³-hybridized carbons (Fsp3) is 0.909. The second-order valence-corrected chi connectivity index (χ2v) is 3.77. The summed E-state index contributed by atoms with van der Waals surface area (Å²) in [5, 5.41) is 0. The molecule has 0 rings (SSSR count). The van der Waals surface area contributed by atoms with Crippen molar-refractivity contribution in [2.45, 2.75) is 59.7 Å². The van der Waals surface area contributed by atoms with Crippen molar-refractivity contribution in [3.63, 3.8) is 0 Å². The Balaban J connectivity index is 3.97. The molecule has 0 N–H and O–H groups in total. The van der Waals surface area contributed by atoms with E-state index in [1.165, 1.54) is 0 Å². The van der Waals surface area contributed by atoms with Crippen molar-refractivity contribution < 1.29 is 9.53 Å². The zero-order valence-electron chi connectivity index (χ0n) is 9.46. The zero-order valence-corrected chi connectivity index (χ0v) is 9.46. The van der Waals surface area contributed by atoms with Crippen molar-refractivity contribution in [2.24, 2.45) is 5.92 Å². The molecular formula is C11H22O2. The van der Waals surface area contributed by atoms with E-state index in [0.717, 1.165) is 12.8 Å². The van der Waals surface area contributed by atoms with Gasteiger partial charge >= 0.3 is 0 Å². The third-order valence-electron chi connectivity index (χ3n) is 2.28. The van der Waals surface area contributed by atoms with Crippen LogP contribution in [0.15, 0.2) is 0 Å². The maximum Gasteiger partial charge on any atom is 0.163 e. The van der Waals surface area contributed by atoms with E-state index in [0.29, 0.717) is 0 Å². The normalized spacial score (nSPS) is 13.8. The molecule has 0 spiro atoms. The van der Waals surface area contributed by atoms with Gasteiger partial charge in [-0.1, -0.05) is 27.7 Å². The minimum atomic E-state index is -0.245. The van der Waals surface area contributed by atoms with Crippen LogP contribution in [0.5, 0.6) is 0 Å². The van der Waals surface area contributed by atoms with Gasteiger partial charge in [0, 0.05) is 5.92 Å². The lowest BCUT2D eigenvalue weighted by atomic mass is 10.0. The quantitative estimate of drug-likeness (QED) is 0.637. The van der Waals surface area contributed by atoms with Crippen molar-refractivity contribution in [3.05, 3.63) is 0 Å². The van der Waals surface area contributed by atoms with E-state index in [-0.39, 0.29) is 23.9 Å². The lowest BCUT2D eigenvalue weighted by molar-refractivity contribution is -0.136. The number of carbonyl (C=O) groups is 1. The lowest BCUT2D eigenvalue weighted by Gasteiger charge is -2.20. The summed E-state index contributed by atoms with van der Waals surface area (Å²) in [7, 11) is 0. The monoisotopic (exact) mass is 186 g/mol. The maximum atomic E-state index is 11.5. The summed E-state index contributed by atoms with van der Waals surface area (Å²) in [6.45, 7) is 9.84. The van der Waals surface area contributed by atoms with Crippen molar-refractivity contribution in [3.8, 4) is 0 Å². The summed E-state index contributed by atoms with van der Waals surface area (Å²) in [6, 6.07) is 0. The standard InChI is InChI=1S/C11H22O2/c1-6-10(7-2)13-9(5)11(12)8(3)4/h8-10H,6-7H2,1-5H3/t9-/m0/s1. The molecule has 0 saturated heterocycles. The summed E-state index contributed by atoms with van der Waals surface area (Å²) in [5.74, 6) is 0.274. The predicted molar refractivity (Wildman–Crippen MR) is 54.8 cm³/mol. The first-order valence-corrected chi connectivity index (χ1v) is 5.22. The summed E-state index contributed by atoms with van der Waals surface area (Å²) in [4.78, 5) is 11.5. The maximum absolute atomic E-state index is 11.5. The van der Waals surface area contributed by atoms with E-state index in [9.17, 15) is 4.79 Å². The van der Waals surface area contributed by atoms with Crippen LogP contribution in [0, 0.1) is 5.92 Å². The number of carbonyl (C=O) groups excluding carboxylic acids is 1.